The van der Waals surface area contributed by atoms with E-state index in [0.29, 0.717) is 0 Å². The number of hydrogen-bond acceptors (Lipinski definition) is 3. The van der Waals surface area contributed by atoms with Crippen LogP contribution in [-0.2, 0) is 16.1 Å². The number of nitrogens with zero attached hydrogens (tertiary/aromatic N) is 2. The summed E-state index contributed by atoms with van der Waals surface area (Å²) in [7, 11) is 0. The Bertz CT molecular complexity index is 1010. The SMILES string of the molecule is CCN(CC)CCn1c2ccc(C(Cl)C(C)=O)cc2c2cc(C(Cl)C(C)=O)ccc21. The maximum Gasteiger partial charge on any atom is 0.152 e. The maximum absolute atomic E-state index is 11.8. The quantitative estimate of drug-likeness (QED) is 0.385. The van der Waals surface area contributed by atoms with Gasteiger partial charge >= 0.3 is 0 Å². The second-order valence-corrected chi connectivity index (χ2v) is 8.55. The molecular formula is C24H28Cl2N2O2. The molecule has 0 amide bonds. The highest BCUT2D eigenvalue weighted by Crippen LogP contribution is 2.35. The minimum absolute atomic E-state index is 0.0839. The molecule has 0 bridgehead atoms. The zero-order valence-corrected chi connectivity index (χ0v) is 19.4. The lowest BCUT2D eigenvalue weighted by Crippen LogP contribution is -2.26. The van der Waals surface area contributed by atoms with Gasteiger partial charge in [0.25, 0.3) is 0 Å². The van der Waals surface area contributed by atoms with Crippen LogP contribution in [0.2, 0.25) is 0 Å². The van der Waals surface area contributed by atoms with Gasteiger partial charge < -0.3 is 9.47 Å². The lowest BCUT2D eigenvalue weighted by molar-refractivity contribution is -0.117. The Morgan fingerprint density at radius 2 is 1.30 bits per heavy atom. The number of fused-ring (bicyclic) bond motifs is 3. The standard InChI is InChI=1S/C24H28Cl2N2O2/c1-5-27(6-2)11-12-28-21-9-7-17(23(25)15(3)29)13-19(21)20-14-18(8-10-22(20)28)24(26)16(4)30/h7-10,13-14,23-24H,5-6,11-12H2,1-4H3. The van der Waals surface area contributed by atoms with E-state index in [1.807, 2.05) is 36.4 Å². The first-order valence-corrected chi connectivity index (χ1v) is 11.2. The first kappa shape index (κ1) is 22.8. The van der Waals surface area contributed by atoms with Gasteiger partial charge in [-0.05, 0) is 62.3 Å². The molecule has 0 spiro atoms. The van der Waals surface area contributed by atoms with Crippen molar-refractivity contribution < 1.29 is 9.59 Å². The summed E-state index contributed by atoms with van der Waals surface area (Å²) < 4.78 is 2.30. The van der Waals surface area contributed by atoms with E-state index in [9.17, 15) is 9.59 Å². The predicted molar refractivity (Wildman–Crippen MR) is 126 cm³/mol. The van der Waals surface area contributed by atoms with Gasteiger partial charge in [0.1, 0.15) is 10.8 Å². The Morgan fingerprint density at radius 1 is 0.867 bits per heavy atom. The molecule has 3 rings (SSSR count). The average Bonchev–Trinajstić information content (AvgIpc) is 3.05. The van der Waals surface area contributed by atoms with Crippen molar-refractivity contribution in [1.29, 1.82) is 0 Å². The highest BCUT2D eigenvalue weighted by molar-refractivity contribution is 6.31. The highest BCUT2D eigenvalue weighted by Gasteiger charge is 2.19. The van der Waals surface area contributed by atoms with Crippen molar-refractivity contribution in [3.63, 3.8) is 0 Å². The van der Waals surface area contributed by atoms with Gasteiger partial charge in [-0.1, -0.05) is 26.0 Å². The van der Waals surface area contributed by atoms with Gasteiger partial charge in [-0.3, -0.25) is 9.59 Å². The molecule has 0 aliphatic carbocycles. The number of benzene rings is 2. The van der Waals surface area contributed by atoms with Crippen molar-refractivity contribution in [2.75, 3.05) is 19.6 Å². The molecule has 1 heterocycles. The molecule has 0 radical (unpaired) electrons. The topological polar surface area (TPSA) is 42.3 Å². The summed E-state index contributed by atoms with van der Waals surface area (Å²) >= 11 is 12.7. The minimum atomic E-state index is -0.676. The molecular weight excluding hydrogens is 419 g/mol. The van der Waals surface area contributed by atoms with Crippen molar-refractivity contribution in [1.82, 2.24) is 9.47 Å². The number of hydrogen-bond donors (Lipinski definition) is 0. The molecule has 6 heteroatoms. The Morgan fingerprint density at radius 3 is 1.67 bits per heavy atom. The summed E-state index contributed by atoms with van der Waals surface area (Å²) in [6.07, 6.45) is 0. The number of likely N-dealkylation sites (N-methyl/N-ethyl adjacent to an activating group) is 1. The van der Waals surface area contributed by atoms with E-state index in [1.54, 1.807) is 0 Å². The third-order valence-electron chi connectivity index (χ3n) is 5.75. The van der Waals surface area contributed by atoms with Crippen LogP contribution in [0.15, 0.2) is 36.4 Å². The van der Waals surface area contributed by atoms with Crippen molar-refractivity contribution >= 4 is 56.6 Å². The number of halogens is 2. The molecule has 0 saturated carbocycles. The fraction of sp³-hybridized carbons (Fsp3) is 0.417. The van der Waals surface area contributed by atoms with E-state index in [4.69, 9.17) is 23.2 Å². The molecule has 3 aromatic rings. The molecule has 160 valence electrons. The summed E-state index contributed by atoms with van der Waals surface area (Å²) in [6, 6.07) is 11.9. The Kier molecular flexibility index (Phi) is 7.22. The smallest absolute Gasteiger partial charge is 0.152 e. The van der Waals surface area contributed by atoms with E-state index in [0.717, 1.165) is 59.1 Å². The van der Waals surface area contributed by atoms with Gasteiger partial charge in [-0.2, -0.15) is 0 Å². The van der Waals surface area contributed by atoms with E-state index < -0.39 is 10.8 Å². The largest absolute Gasteiger partial charge is 0.339 e. The lowest BCUT2D eigenvalue weighted by Gasteiger charge is -2.19. The minimum Gasteiger partial charge on any atom is -0.339 e. The van der Waals surface area contributed by atoms with Crippen LogP contribution in [0.1, 0.15) is 49.6 Å². The molecule has 30 heavy (non-hydrogen) atoms. The summed E-state index contributed by atoms with van der Waals surface area (Å²) in [5.41, 5.74) is 3.72. The van der Waals surface area contributed by atoms with Gasteiger partial charge in [0.2, 0.25) is 0 Å². The van der Waals surface area contributed by atoms with E-state index in [-0.39, 0.29) is 11.6 Å². The molecule has 4 nitrogen and oxygen atoms in total. The molecule has 0 fully saturated rings. The molecule has 0 saturated heterocycles. The molecule has 2 unspecified atom stereocenters. The Balaban J connectivity index is 2.20. The van der Waals surface area contributed by atoms with Crippen molar-refractivity contribution in [3.8, 4) is 0 Å². The van der Waals surface area contributed by atoms with Crippen LogP contribution in [0.25, 0.3) is 21.8 Å². The number of alkyl halides is 2. The third kappa shape index (κ3) is 4.41. The fourth-order valence-corrected chi connectivity index (χ4v) is 4.22. The van der Waals surface area contributed by atoms with Gasteiger partial charge in [0.05, 0.1) is 0 Å². The molecule has 2 atom stereocenters. The summed E-state index contributed by atoms with van der Waals surface area (Å²) in [5, 5.41) is 0.681. The molecule has 0 aliphatic rings. The predicted octanol–water partition coefficient (Wildman–Crippen LogP) is 5.87. The molecule has 2 aromatic carbocycles. The Hall–Kier alpha value is -1.88. The summed E-state index contributed by atoms with van der Waals surface area (Å²) in [6.45, 7) is 11.1. The van der Waals surface area contributed by atoms with E-state index in [2.05, 4.69) is 23.3 Å². The highest BCUT2D eigenvalue weighted by atomic mass is 35.5. The van der Waals surface area contributed by atoms with Crippen LogP contribution in [-0.4, -0.2) is 40.7 Å². The first-order chi connectivity index (χ1) is 14.3. The Labute approximate surface area is 187 Å². The second kappa shape index (κ2) is 9.51. The monoisotopic (exact) mass is 446 g/mol. The summed E-state index contributed by atoms with van der Waals surface area (Å²) in [4.78, 5) is 26.0. The number of rotatable bonds is 9. The number of ketones is 2. The van der Waals surface area contributed by atoms with E-state index >= 15 is 0 Å². The van der Waals surface area contributed by atoms with Crippen LogP contribution >= 0.6 is 23.2 Å². The lowest BCUT2D eigenvalue weighted by atomic mass is 10.0. The third-order valence-corrected chi connectivity index (χ3v) is 6.86. The van der Waals surface area contributed by atoms with Gasteiger partial charge in [0, 0.05) is 34.9 Å². The van der Waals surface area contributed by atoms with Gasteiger partial charge in [-0.15, -0.1) is 23.2 Å². The van der Waals surface area contributed by atoms with Crippen LogP contribution in [0, 0.1) is 0 Å². The zero-order valence-electron chi connectivity index (χ0n) is 17.9. The molecule has 0 aliphatic heterocycles. The summed E-state index contributed by atoms with van der Waals surface area (Å²) in [5.74, 6) is -0.168. The van der Waals surface area contributed by atoms with Gasteiger partial charge in [0.15, 0.2) is 11.6 Å². The maximum atomic E-state index is 11.8. The van der Waals surface area contributed by atoms with Crippen LogP contribution in [0.5, 0.6) is 0 Å². The van der Waals surface area contributed by atoms with Crippen LogP contribution < -0.4 is 0 Å². The number of carbonyl (C=O) groups excluding carboxylic acids is 2. The number of carbonyl (C=O) groups is 2. The van der Waals surface area contributed by atoms with Crippen LogP contribution in [0.4, 0.5) is 0 Å². The first-order valence-electron chi connectivity index (χ1n) is 10.4. The molecule has 1 aromatic heterocycles. The fourth-order valence-electron chi connectivity index (χ4n) is 3.95. The van der Waals surface area contributed by atoms with Crippen molar-refractivity contribution in [3.05, 3.63) is 47.5 Å². The van der Waals surface area contributed by atoms with Crippen molar-refractivity contribution in [2.24, 2.45) is 0 Å². The van der Waals surface area contributed by atoms with Gasteiger partial charge in [-0.25, -0.2) is 0 Å². The number of Topliss-reactive ketones (excluding diaryl/α,β-unsaturated/α-hetero) is 2. The average molecular weight is 447 g/mol. The van der Waals surface area contributed by atoms with Crippen LogP contribution in [0.3, 0.4) is 0 Å². The number of aromatic nitrogens is 1. The van der Waals surface area contributed by atoms with Crippen molar-refractivity contribution in [2.45, 2.75) is 45.0 Å². The van der Waals surface area contributed by atoms with E-state index in [1.165, 1.54) is 13.8 Å². The normalized spacial score (nSPS) is 13.8. The molecule has 0 N–H and O–H groups in total. The zero-order chi connectivity index (χ0) is 22.0. The second-order valence-electron chi connectivity index (χ2n) is 7.68.